The Bertz CT molecular complexity index is 554. The van der Waals surface area contributed by atoms with E-state index in [1.54, 1.807) is 17.4 Å². The number of hydrogen-bond donors (Lipinski definition) is 1. The van der Waals surface area contributed by atoms with Gasteiger partial charge in [-0.05, 0) is 35.2 Å². The summed E-state index contributed by atoms with van der Waals surface area (Å²) < 4.78 is 13.7. The average Bonchev–Trinajstić information content (AvgIpc) is 2.93. The molecule has 1 aromatic carbocycles. The zero-order valence-electron chi connectivity index (χ0n) is 11.8. The van der Waals surface area contributed by atoms with Crippen molar-refractivity contribution in [1.29, 1.82) is 0 Å². The fourth-order valence-corrected chi connectivity index (χ4v) is 3.79. The van der Waals surface area contributed by atoms with E-state index in [4.69, 9.17) is 11.6 Å². The highest BCUT2D eigenvalue weighted by molar-refractivity contribution is 7.10. The molecule has 0 spiro atoms. The Kier molecular flexibility index (Phi) is 8.11. The minimum atomic E-state index is -0.274. The average molecular weight is 384 g/mol. The summed E-state index contributed by atoms with van der Waals surface area (Å²) in [6, 6.07) is 9.06. The molecular weight excluding hydrogens is 366 g/mol. The molecule has 2 aromatic rings. The van der Waals surface area contributed by atoms with Crippen LogP contribution in [0.2, 0.25) is 5.02 Å². The number of benzene rings is 1. The Balaban J connectivity index is 0.00000121. The molecule has 0 bridgehead atoms. The Morgan fingerprint density at radius 3 is 2.50 bits per heavy atom. The highest BCUT2D eigenvalue weighted by Crippen LogP contribution is 2.33. The minimum Gasteiger partial charge on any atom is -0.314 e. The van der Waals surface area contributed by atoms with Gasteiger partial charge in [0.25, 0.3) is 0 Å². The van der Waals surface area contributed by atoms with Crippen molar-refractivity contribution in [3.05, 3.63) is 57.0 Å². The van der Waals surface area contributed by atoms with E-state index in [0.717, 1.165) is 31.7 Å². The van der Waals surface area contributed by atoms with E-state index in [9.17, 15) is 4.39 Å². The van der Waals surface area contributed by atoms with E-state index in [1.165, 1.54) is 10.9 Å². The third-order valence-corrected chi connectivity index (χ3v) is 4.67. The van der Waals surface area contributed by atoms with Gasteiger partial charge in [-0.3, -0.25) is 4.90 Å². The van der Waals surface area contributed by atoms with Crippen molar-refractivity contribution < 1.29 is 4.39 Å². The predicted octanol–water partition coefficient (Wildman–Crippen LogP) is 4.38. The lowest BCUT2D eigenvalue weighted by Gasteiger charge is -2.34. The van der Waals surface area contributed by atoms with Gasteiger partial charge in [-0.15, -0.1) is 36.2 Å². The molecule has 1 aliphatic heterocycles. The molecular formula is C15H18Cl3FN2S. The highest BCUT2D eigenvalue weighted by atomic mass is 35.5. The molecule has 7 heteroatoms. The number of piperazine rings is 1. The van der Waals surface area contributed by atoms with Crippen LogP contribution in [0.15, 0.2) is 35.7 Å². The van der Waals surface area contributed by atoms with Gasteiger partial charge in [-0.1, -0.05) is 17.7 Å². The second kappa shape index (κ2) is 9.06. The molecule has 1 aliphatic rings. The van der Waals surface area contributed by atoms with Crippen molar-refractivity contribution in [2.45, 2.75) is 6.04 Å². The van der Waals surface area contributed by atoms with Crippen molar-refractivity contribution in [1.82, 2.24) is 10.2 Å². The van der Waals surface area contributed by atoms with Crippen LogP contribution in [0.25, 0.3) is 0 Å². The van der Waals surface area contributed by atoms with Gasteiger partial charge in [0.1, 0.15) is 5.82 Å². The molecule has 2 heterocycles. The second-order valence-electron chi connectivity index (χ2n) is 4.91. The number of hydrogen-bond acceptors (Lipinski definition) is 3. The van der Waals surface area contributed by atoms with Crippen LogP contribution in [0.5, 0.6) is 0 Å². The molecule has 1 N–H and O–H groups in total. The quantitative estimate of drug-likeness (QED) is 0.846. The van der Waals surface area contributed by atoms with Crippen LogP contribution in [0, 0.1) is 5.82 Å². The second-order valence-corrected chi connectivity index (χ2v) is 6.32. The summed E-state index contributed by atoms with van der Waals surface area (Å²) in [5, 5.41) is 5.87. The first-order chi connectivity index (χ1) is 9.74. The normalized spacial score (nSPS) is 16.5. The largest absolute Gasteiger partial charge is 0.314 e. The molecule has 1 fully saturated rings. The predicted molar refractivity (Wildman–Crippen MR) is 96.5 cm³/mol. The molecule has 3 rings (SSSR count). The molecule has 0 saturated carbocycles. The van der Waals surface area contributed by atoms with Crippen molar-refractivity contribution in [2.75, 3.05) is 26.2 Å². The molecule has 0 radical (unpaired) electrons. The Morgan fingerprint density at radius 1 is 1.18 bits per heavy atom. The van der Waals surface area contributed by atoms with Crippen molar-refractivity contribution in [2.24, 2.45) is 0 Å². The Hall–Kier alpha value is -0.360. The summed E-state index contributed by atoms with van der Waals surface area (Å²) in [5.41, 5.74) is 0.930. The summed E-state index contributed by atoms with van der Waals surface area (Å²) in [6.45, 7) is 3.84. The lowest BCUT2D eigenvalue weighted by Crippen LogP contribution is -2.45. The molecule has 1 aromatic heterocycles. The molecule has 0 unspecified atom stereocenters. The van der Waals surface area contributed by atoms with Crippen LogP contribution >= 0.6 is 47.8 Å². The van der Waals surface area contributed by atoms with Gasteiger partial charge in [0.2, 0.25) is 0 Å². The van der Waals surface area contributed by atoms with Crippen molar-refractivity contribution >= 4 is 47.8 Å². The molecule has 122 valence electrons. The van der Waals surface area contributed by atoms with Crippen molar-refractivity contribution in [3.63, 3.8) is 0 Å². The summed E-state index contributed by atoms with van der Waals surface area (Å²) in [4.78, 5) is 3.61. The maximum atomic E-state index is 13.7. The first-order valence-corrected chi connectivity index (χ1v) is 7.94. The first-order valence-electron chi connectivity index (χ1n) is 6.68. The molecule has 0 aliphatic carbocycles. The lowest BCUT2D eigenvalue weighted by atomic mass is 10.0. The van der Waals surface area contributed by atoms with Crippen LogP contribution in [0.3, 0.4) is 0 Å². The van der Waals surface area contributed by atoms with Gasteiger partial charge in [-0.2, -0.15) is 0 Å². The first kappa shape index (κ1) is 19.7. The molecule has 22 heavy (non-hydrogen) atoms. The zero-order valence-corrected chi connectivity index (χ0v) is 15.0. The van der Waals surface area contributed by atoms with Gasteiger partial charge in [0.15, 0.2) is 0 Å². The van der Waals surface area contributed by atoms with Crippen LogP contribution in [-0.4, -0.2) is 31.1 Å². The van der Waals surface area contributed by atoms with Crippen LogP contribution in [0.4, 0.5) is 4.39 Å². The standard InChI is InChI=1S/C15H16ClFN2S.2ClH/c16-12-8-11(9-13(17)10-12)15(14-2-1-7-20-14)19-5-3-18-4-6-19;;/h1-2,7-10,15,18H,3-6H2;2*1H/t15-;;/m0../s1. The zero-order chi connectivity index (χ0) is 13.9. The number of nitrogens with zero attached hydrogens (tertiary/aromatic N) is 1. The van der Waals surface area contributed by atoms with Gasteiger partial charge in [0, 0.05) is 36.1 Å². The highest BCUT2D eigenvalue weighted by Gasteiger charge is 2.25. The van der Waals surface area contributed by atoms with Gasteiger partial charge < -0.3 is 5.32 Å². The molecule has 0 amide bonds. The summed E-state index contributed by atoms with van der Waals surface area (Å²) in [6.07, 6.45) is 0. The minimum absolute atomic E-state index is 0. The molecule has 1 saturated heterocycles. The van der Waals surface area contributed by atoms with Gasteiger partial charge in [0.05, 0.1) is 6.04 Å². The van der Waals surface area contributed by atoms with E-state index >= 15 is 0 Å². The lowest BCUT2D eigenvalue weighted by molar-refractivity contribution is 0.200. The smallest absolute Gasteiger partial charge is 0.125 e. The van der Waals surface area contributed by atoms with E-state index in [2.05, 4.69) is 21.7 Å². The maximum absolute atomic E-state index is 13.7. The van der Waals surface area contributed by atoms with E-state index in [-0.39, 0.29) is 36.7 Å². The Morgan fingerprint density at radius 2 is 1.91 bits per heavy atom. The topological polar surface area (TPSA) is 15.3 Å². The van der Waals surface area contributed by atoms with Gasteiger partial charge >= 0.3 is 0 Å². The van der Waals surface area contributed by atoms with E-state index in [1.807, 2.05) is 12.1 Å². The maximum Gasteiger partial charge on any atom is 0.125 e. The van der Waals surface area contributed by atoms with Crippen LogP contribution < -0.4 is 5.32 Å². The molecule has 2 nitrogen and oxygen atoms in total. The number of nitrogens with one attached hydrogen (secondary N) is 1. The number of halogens is 4. The fourth-order valence-electron chi connectivity index (χ4n) is 2.68. The van der Waals surface area contributed by atoms with E-state index < -0.39 is 0 Å². The van der Waals surface area contributed by atoms with Gasteiger partial charge in [-0.25, -0.2) is 4.39 Å². The van der Waals surface area contributed by atoms with Crippen LogP contribution in [0.1, 0.15) is 16.5 Å². The fraction of sp³-hybridized carbons (Fsp3) is 0.333. The third-order valence-electron chi connectivity index (χ3n) is 3.53. The Labute approximate surface area is 151 Å². The summed E-state index contributed by atoms with van der Waals surface area (Å²) in [5.74, 6) is -0.274. The summed E-state index contributed by atoms with van der Waals surface area (Å²) in [7, 11) is 0. The number of thiophene rings is 1. The van der Waals surface area contributed by atoms with Crippen LogP contribution in [-0.2, 0) is 0 Å². The van der Waals surface area contributed by atoms with E-state index in [0.29, 0.717) is 5.02 Å². The molecule has 1 atom stereocenters. The summed E-state index contributed by atoms with van der Waals surface area (Å²) >= 11 is 7.73. The third kappa shape index (κ3) is 4.57. The monoisotopic (exact) mass is 382 g/mol. The van der Waals surface area contributed by atoms with Crippen molar-refractivity contribution in [3.8, 4) is 0 Å². The SMILES string of the molecule is Cl.Cl.Fc1cc(Cl)cc([C@@H](c2cccs2)N2CCNCC2)c1. The number of rotatable bonds is 3.